The van der Waals surface area contributed by atoms with Crippen LogP contribution in [0.4, 0.5) is 43.2 Å². The molecule has 6 aromatic carbocycles. The highest BCUT2D eigenvalue weighted by atomic mass is 35.5. The third-order valence-corrected chi connectivity index (χ3v) is 29.1. The lowest BCUT2D eigenvalue weighted by molar-refractivity contribution is 0.0982. The summed E-state index contributed by atoms with van der Waals surface area (Å²) in [7, 11) is 14.2. The van der Waals surface area contributed by atoms with Crippen LogP contribution in [0.15, 0.2) is 295 Å². The van der Waals surface area contributed by atoms with E-state index in [1.807, 2.05) is 37.1 Å². The first-order chi connectivity index (χ1) is 70.6. The van der Waals surface area contributed by atoms with Crippen LogP contribution in [-0.4, -0.2) is 124 Å². The molecule has 0 fully saturated rings. The van der Waals surface area contributed by atoms with Crippen molar-refractivity contribution in [3.8, 4) is 17.2 Å². The largest absolute Gasteiger partial charge is 0.508 e. The first-order valence-electron chi connectivity index (χ1n) is 43.4. The number of nitrogens with zero attached hydrogens (tertiary/aromatic N) is 6. The molecule has 0 radical (unpaired) electrons. The van der Waals surface area contributed by atoms with Gasteiger partial charge < -0.3 is 101 Å². The van der Waals surface area contributed by atoms with Gasteiger partial charge in [-0.3, -0.25) is 24.0 Å². The lowest BCUT2D eigenvalue weighted by atomic mass is 10.1. The number of ether oxygens (including phenoxy) is 3. The fraction of sp³-hybridized carbons (Fsp3) is 0.112. The minimum atomic E-state index is -0.719. The number of amides is 5. The van der Waals surface area contributed by atoms with Crippen molar-refractivity contribution in [2.75, 3.05) is 93.0 Å². The summed E-state index contributed by atoms with van der Waals surface area (Å²) < 4.78 is 90.0. The molecule has 18 rings (SSSR count). The van der Waals surface area contributed by atoms with Gasteiger partial charge in [-0.1, -0.05) is 93.0 Å². The zero-order valence-electron chi connectivity index (χ0n) is 80.5. The number of methoxy groups -OCH3 is 3. The van der Waals surface area contributed by atoms with Crippen LogP contribution in [-0.2, 0) is 6.54 Å². The first kappa shape index (κ1) is 109. The highest BCUT2D eigenvalue weighted by molar-refractivity contribution is 7.24. The maximum atomic E-state index is 13.4. The van der Waals surface area contributed by atoms with Crippen LogP contribution >= 0.6 is 79.6 Å². The van der Waals surface area contributed by atoms with Gasteiger partial charge in [0.05, 0.1) is 71.2 Å². The van der Waals surface area contributed by atoms with E-state index in [4.69, 9.17) is 52.3 Å². The Bertz CT molecular complexity index is 8650. The van der Waals surface area contributed by atoms with Crippen molar-refractivity contribution in [1.29, 1.82) is 0 Å². The van der Waals surface area contributed by atoms with Gasteiger partial charge in [0.1, 0.15) is 128 Å². The SMILES string of the molecule is C=C(O)c1cc2sc(N(C)C(=O)c3ccc(Cl)cc3OC)cc2oc1=O.C=C(O)c1cc2sc(N(C)C(=O)c3ccc(F)c(C)c3)cc2oc1=O.C=C(O)c1cc2sc(N(C)C(=O)c3ccc(F)cc3OC)cc2oc1=O.C=C(O)c1cc2sc(N(C)C(=O)c3cccc(C)c3)cc2oc1=O.C=C(O)c1cc2sc(N(C)C(=O)c3ccccc3OC)cc2oc1=O.C=C(O)c1cc2sc(N(C)Cc3ccc(F)cc3)cc2oc1=O. The molecule has 6 N–H and O–H groups in total. The number of rotatable bonds is 22. The average Bonchev–Trinajstić information content (AvgIpc) is 1.63. The molecule has 32 nitrogen and oxygen atoms in total. The van der Waals surface area contributed by atoms with Crippen molar-refractivity contribution < 1.29 is 108 Å². The third kappa shape index (κ3) is 24.9. The summed E-state index contributed by atoms with van der Waals surface area (Å²) in [6, 6.07) is 51.8. The predicted octanol–water partition coefficient (Wildman–Crippen LogP) is 24.0. The third-order valence-electron chi connectivity index (χ3n) is 22.0. The van der Waals surface area contributed by atoms with E-state index in [1.54, 1.807) is 145 Å². The number of halogens is 4. The van der Waals surface area contributed by atoms with Crippen molar-refractivity contribution in [2.24, 2.45) is 0 Å². The van der Waals surface area contributed by atoms with Crippen LogP contribution in [0.5, 0.6) is 17.2 Å². The van der Waals surface area contributed by atoms with Crippen LogP contribution in [0.1, 0.15) is 102 Å². The number of benzene rings is 6. The Hall–Kier alpha value is -17.4. The van der Waals surface area contributed by atoms with Crippen molar-refractivity contribution >= 4 is 235 Å². The molecular weight excluding hydrogens is 2070 g/mol. The summed E-state index contributed by atoms with van der Waals surface area (Å²) >= 11 is 13.6. The fourth-order valence-electron chi connectivity index (χ4n) is 14.1. The summed E-state index contributed by atoms with van der Waals surface area (Å²) in [5.74, 6) is -3.79. The van der Waals surface area contributed by atoms with Crippen LogP contribution in [0, 0.1) is 31.3 Å². The Balaban J connectivity index is 0.000000149. The molecule has 0 aliphatic heterocycles. The highest BCUT2D eigenvalue weighted by Gasteiger charge is 2.29. The highest BCUT2D eigenvalue weighted by Crippen LogP contribution is 2.42. The minimum absolute atomic E-state index is 0.000363. The summed E-state index contributed by atoms with van der Waals surface area (Å²) in [5, 5.41) is 60.8. The Kier molecular flexibility index (Phi) is 33.9. The number of carbonyl (C=O) groups is 5. The van der Waals surface area contributed by atoms with E-state index in [0.717, 1.165) is 26.9 Å². The van der Waals surface area contributed by atoms with Gasteiger partial charge in [0, 0.05) is 107 Å². The van der Waals surface area contributed by atoms with Gasteiger partial charge in [-0.25, -0.2) is 41.9 Å². The number of aliphatic hydroxyl groups excluding tert-OH is 6. The van der Waals surface area contributed by atoms with Gasteiger partial charge in [-0.2, -0.15) is 0 Å². The second kappa shape index (κ2) is 46.4. The number of anilines is 6. The standard InChI is InChI=1S/C18H14ClNO5S.C18H14FNO5S.C18H14FNO4S.C18H15NO5S.C18H15NO4S.C17H14FNO3S/c2*1-9(21)12-7-15-14(25-18(12)23)8-16(26-15)20(2)17(22)11-5-4-10(19)6-13(11)24-3;1-9-6-11(4-5-13(9)19)17(22)20(3)16-8-14-15(25-16)7-12(10(2)21)18(23)24-14;1-10(20)12-8-15-14(24-18(12)22)9-16(25-15)19(2)17(21)11-6-4-5-7-13(11)23-3;1-10-5-4-6-12(7-10)17(21)19(3)16-9-14-15(24-16)8-13(11(2)20)18(22)23-14;1-10(20)13-7-15-14(22-17(13)21)8-16(23-15)19(2)9-11-3-5-12(18)6-4-11/h2*4-8,21H,1H2,2-3H3;4-8,21H,2H2,1,3H3;4-9,20H,1H2,2-3H3;4-9,20H,2H2,1,3H3;3-8,20H,1,9H2,2H3. The monoisotopic (exact) mass is 2150 g/mol. The van der Waals surface area contributed by atoms with E-state index in [2.05, 4.69) is 39.5 Å². The topological polar surface area (TPSA) is 435 Å². The van der Waals surface area contributed by atoms with E-state index in [1.165, 1.54) is 187 Å². The minimum Gasteiger partial charge on any atom is -0.508 e. The molecule has 0 aliphatic rings. The normalized spacial score (nSPS) is 10.8. The summed E-state index contributed by atoms with van der Waals surface area (Å²) in [6.45, 7) is 24.1. The smallest absolute Gasteiger partial charge is 0.347 e. The lowest BCUT2D eigenvalue weighted by Gasteiger charge is -2.16. The molecule has 12 heterocycles. The van der Waals surface area contributed by atoms with Crippen molar-refractivity contribution in [3.05, 3.63) is 403 Å². The fourth-order valence-corrected chi connectivity index (χ4v) is 20.2. The number of carbonyl (C=O) groups excluding carboxylic acids is 5. The van der Waals surface area contributed by atoms with Gasteiger partial charge in [-0.05, 0) is 146 Å². The van der Waals surface area contributed by atoms with Gasteiger partial charge in [0.25, 0.3) is 29.5 Å². The van der Waals surface area contributed by atoms with Gasteiger partial charge >= 0.3 is 33.8 Å². The van der Waals surface area contributed by atoms with Crippen LogP contribution in [0.25, 0.3) is 96.3 Å². The molecule has 12 aromatic heterocycles. The molecule has 18 aromatic rings. The van der Waals surface area contributed by atoms with Crippen molar-refractivity contribution in [3.63, 3.8) is 0 Å². The Morgan fingerprint density at radius 1 is 0.315 bits per heavy atom. The second-order valence-electron chi connectivity index (χ2n) is 32.3. The summed E-state index contributed by atoms with van der Waals surface area (Å²) in [4.78, 5) is 143. The Morgan fingerprint density at radius 3 is 0.940 bits per heavy atom. The van der Waals surface area contributed by atoms with Crippen LogP contribution in [0.3, 0.4) is 0 Å². The lowest BCUT2D eigenvalue weighted by Crippen LogP contribution is -2.25. The predicted molar refractivity (Wildman–Crippen MR) is 581 cm³/mol. The van der Waals surface area contributed by atoms with E-state index in [-0.39, 0.29) is 114 Å². The molecule has 0 spiro atoms. The maximum Gasteiger partial charge on any atom is 0.347 e. The summed E-state index contributed by atoms with van der Waals surface area (Å²) in [6.07, 6.45) is 0. The van der Waals surface area contributed by atoms with Crippen molar-refractivity contribution in [1.82, 2.24) is 0 Å². The molecule has 42 heteroatoms. The zero-order valence-corrected chi connectivity index (χ0v) is 86.2. The number of hydrogen-bond acceptors (Lipinski definition) is 33. The Labute approximate surface area is 871 Å². The van der Waals surface area contributed by atoms with E-state index in [9.17, 15) is 96.6 Å². The molecular formula is C107H86ClF3N6O26S6. The number of thiophene rings is 6. The molecule has 0 saturated carbocycles. The molecule has 0 aliphatic carbocycles. The maximum absolute atomic E-state index is 13.4. The van der Waals surface area contributed by atoms with Gasteiger partial charge in [-0.15, -0.1) is 68.0 Å². The number of fused-ring (bicyclic) bond motifs is 6. The second-order valence-corrected chi connectivity index (χ2v) is 39.1. The Morgan fingerprint density at radius 2 is 0.611 bits per heavy atom. The average molecular weight is 2160 g/mol. The van der Waals surface area contributed by atoms with Gasteiger partial charge in [0.15, 0.2) is 33.5 Å². The van der Waals surface area contributed by atoms with Gasteiger partial charge in [0.2, 0.25) is 0 Å². The number of para-hydroxylation sites is 1. The quantitative estimate of drug-likeness (QED) is 0.0343. The molecule has 764 valence electrons. The number of aliphatic hydroxyl groups is 6. The molecule has 149 heavy (non-hydrogen) atoms. The van der Waals surface area contributed by atoms with Crippen molar-refractivity contribution in [2.45, 2.75) is 20.4 Å². The van der Waals surface area contributed by atoms with Crippen LogP contribution < -0.4 is 77.4 Å². The summed E-state index contributed by atoms with van der Waals surface area (Å²) in [5.41, 5.74) is 2.28. The zero-order chi connectivity index (χ0) is 108. The number of aryl methyl sites for hydroxylation is 2. The molecule has 5 amide bonds. The van der Waals surface area contributed by atoms with E-state index < -0.39 is 51.2 Å². The first-order valence-corrected chi connectivity index (χ1v) is 48.7. The molecule has 0 bridgehead atoms. The van der Waals surface area contributed by atoms with E-state index in [0.29, 0.717) is 127 Å². The molecule has 0 atom stereocenters. The molecule has 0 saturated heterocycles. The van der Waals surface area contributed by atoms with E-state index >= 15 is 0 Å². The van der Waals surface area contributed by atoms with Crippen LogP contribution in [0.2, 0.25) is 5.02 Å². The number of hydrogen-bond donors (Lipinski definition) is 6. The molecule has 0 unspecified atom stereocenters.